The van der Waals surface area contributed by atoms with Crippen molar-refractivity contribution in [3.63, 3.8) is 0 Å². The molecule has 6 nitrogen and oxygen atoms in total. The molecule has 1 rings (SSSR count). The minimum Gasteiger partial charge on any atom is -0.481 e. The average Bonchev–Trinajstić information content (AvgIpc) is 2.97. The maximum absolute atomic E-state index is 11.7. The summed E-state index contributed by atoms with van der Waals surface area (Å²) in [5.41, 5.74) is 0. The largest absolute Gasteiger partial charge is 0.481 e. The lowest BCUT2D eigenvalue weighted by Gasteiger charge is -2.24. The number of nitrogens with zero attached hydrogens (tertiary/aromatic N) is 1. The Bertz CT molecular complexity index is 330. The first-order valence-electron chi connectivity index (χ1n) is 7.96. The van der Waals surface area contributed by atoms with E-state index in [4.69, 9.17) is 5.11 Å². The lowest BCUT2D eigenvalue weighted by Crippen LogP contribution is -2.42. The number of aliphatic carboxylic acids is 1. The van der Waals surface area contributed by atoms with Gasteiger partial charge in [-0.2, -0.15) is 0 Å². The van der Waals surface area contributed by atoms with E-state index in [9.17, 15) is 9.59 Å². The molecule has 6 heteroatoms. The zero-order chi connectivity index (χ0) is 15.7. The Morgan fingerprint density at radius 1 is 1.29 bits per heavy atom. The predicted molar refractivity (Wildman–Crippen MR) is 82.3 cm³/mol. The fraction of sp³-hybridized carbons (Fsp3) is 0.867. The fourth-order valence-electron chi connectivity index (χ4n) is 2.78. The van der Waals surface area contributed by atoms with Gasteiger partial charge in [0.15, 0.2) is 0 Å². The summed E-state index contributed by atoms with van der Waals surface area (Å²) in [5.74, 6) is -0.823. The molecule has 0 bridgehead atoms. The molecule has 0 heterocycles. The molecule has 122 valence electrons. The van der Waals surface area contributed by atoms with Crippen LogP contribution in [0.15, 0.2) is 0 Å². The normalized spacial score (nSPS) is 16.9. The fourth-order valence-corrected chi connectivity index (χ4v) is 2.78. The number of hydrogen-bond donors (Lipinski definition) is 3. The molecule has 0 aromatic rings. The molecule has 0 saturated heterocycles. The van der Waals surface area contributed by atoms with Crippen molar-refractivity contribution in [2.45, 2.75) is 51.5 Å². The minimum absolute atomic E-state index is 0.00517. The Morgan fingerprint density at radius 3 is 2.52 bits per heavy atom. The van der Waals surface area contributed by atoms with Crippen LogP contribution in [0.25, 0.3) is 0 Å². The lowest BCUT2D eigenvalue weighted by molar-refractivity contribution is -0.138. The van der Waals surface area contributed by atoms with Crippen LogP contribution in [0.3, 0.4) is 0 Å². The smallest absolute Gasteiger partial charge is 0.314 e. The van der Waals surface area contributed by atoms with Crippen LogP contribution in [0, 0.1) is 5.92 Å². The Morgan fingerprint density at radius 2 is 1.95 bits per heavy atom. The van der Waals surface area contributed by atoms with Crippen LogP contribution in [-0.2, 0) is 4.79 Å². The van der Waals surface area contributed by atoms with Gasteiger partial charge in [-0.25, -0.2) is 4.79 Å². The summed E-state index contributed by atoms with van der Waals surface area (Å²) >= 11 is 0. The quantitative estimate of drug-likeness (QED) is 0.605. The van der Waals surface area contributed by atoms with Crippen molar-refractivity contribution in [3.8, 4) is 0 Å². The van der Waals surface area contributed by atoms with Gasteiger partial charge in [-0.05, 0) is 25.8 Å². The van der Waals surface area contributed by atoms with E-state index < -0.39 is 5.97 Å². The summed E-state index contributed by atoms with van der Waals surface area (Å²) in [7, 11) is 2.11. The van der Waals surface area contributed by atoms with Crippen molar-refractivity contribution in [1.82, 2.24) is 15.5 Å². The van der Waals surface area contributed by atoms with E-state index >= 15 is 0 Å². The van der Waals surface area contributed by atoms with E-state index in [0.717, 1.165) is 13.0 Å². The Hall–Kier alpha value is -1.30. The molecule has 2 amide bonds. The highest BCUT2D eigenvalue weighted by Gasteiger charge is 2.19. The third kappa shape index (κ3) is 7.32. The predicted octanol–water partition coefficient (Wildman–Crippen LogP) is 1.66. The highest BCUT2D eigenvalue weighted by Crippen LogP contribution is 2.21. The maximum Gasteiger partial charge on any atom is 0.314 e. The zero-order valence-corrected chi connectivity index (χ0v) is 13.2. The van der Waals surface area contributed by atoms with E-state index in [1.165, 1.54) is 25.7 Å². The number of carboxylic acid groups (broad SMARTS) is 1. The van der Waals surface area contributed by atoms with Gasteiger partial charge in [0.1, 0.15) is 0 Å². The summed E-state index contributed by atoms with van der Waals surface area (Å²) in [6.45, 7) is 3.82. The summed E-state index contributed by atoms with van der Waals surface area (Å²) in [6, 6.07) is 0.452. The molecule has 0 radical (unpaired) electrons. The molecule has 1 fully saturated rings. The van der Waals surface area contributed by atoms with Crippen molar-refractivity contribution in [2.75, 3.05) is 26.7 Å². The number of urea groups is 1. The number of carbonyl (C=O) groups excluding carboxylic acids is 1. The Labute approximate surface area is 127 Å². The van der Waals surface area contributed by atoms with E-state index in [2.05, 4.69) is 22.6 Å². The number of hydrogen-bond acceptors (Lipinski definition) is 3. The van der Waals surface area contributed by atoms with Crippen LogP contribution in [0.4, 0.5) is 4.79 Å². The number of likely N-dealkylation sites (N-methyl/N-ethyl adjacent to an activating group) is 1. The number of carbonyl (C=O) groups is 2. The van der Waals surface area contributed by atoms with E-state index in [-0.39, 0.29) is 18.4 Å². The van der Waals surface area contributed by atoms with E-state index in [1.807, 2.05) is 6.92 Å². The molecule has 0 aromatic heterocycles. The molecule has 1 aliphatic rings. The first-order chi connectivity index (χ1) is 10.0. The maximum atomic E-state index is 11.7. The van der Waals surface area contributed by atoms with Gasteiger partial charge in [-0.1, -0.05) is 26.2 Å². The van der Waals surface area contributed by atoms with Crippen molar-refractivity contribution >= 4 is 12.0 Å². The van der Waals surface area contributed by atoms with E-state index in [1.54, 1.807) is 0 Å². The third-order valence-electron chi connectivity index (χ3n) is 4.29. The van der Waals surface area contributed by atoms with Crippen molar-refractivity contribution in [3.05, 3.63) is 0 Å². The van der Waals surface area contributed by atoms with Crippen LogP contribution >= 0.6 is 0 Å². The molecule has 0 aromatic carbocycles. The molecule has 3 N–H and O–H groups in total. The van der Waals surface area contributed by atoms with Crippen molar-refractivity contribution in [2.24, 2.45) is 5.92 Å². The number of rotatable bonds is 9. The molecule has 1 aliphatic carbocycles. The molecular weight excluding hydrogens is 270 g/mol. The van der Waals surface area contributed by atoms with Crippen molar-refractivity contribution in [1.29, 1.82) is 0 Å². The van der Waals surface area contributed by atoms with Gasteiger partial charge in [0, 0.05) is 32.1 Å². The number of nitrogens with one attached hydrogen (secondary N) is 2. The molecule has 1 unspecified atom stereocenters. The Kier molecular flexibility index (Phi) is 8.12. The van der Waals surface area contributed by atoms with Crippen LogP contribution in [0.1, 0.15) is 45.4 Å². The SMILES string of the molecule is CCC(CNC(=O)NCCN(C)C1CCCC1)CC(=O)O. The van der Waals surface area contributed by atoms with Gasteiger partial charge >= 0.3 is 12.0 Å². The van der Waals surface area contributed by atoms with Crippen molar-refractivity contribution < 1.29 is 14.7 Å². The zero-order valence-electron chi connectivity index (χ0n) is 13.2. The van der Waals surface area contributed by atoms with Gasteiger partial charge in [-0.15, -0.1) is 0 Å². The lowest BCUT2D eigenvalue weighted by atomic mass is 10.0. The Balaban J connectivity index is 2.11. The molecular formula is C15H29N3O3. The van der Waals surface area contributed by atoms with Gasteiger partial charge < -0.3 is 20.6 Å². The highest BCUT2D eigenvalue weighted by molar-refractivity contribution is 5.74. The summed E-state index contributed by atoms with van der Waals surface area (Å²) in [6.07, 6.45) is 5.99. The number of amides is 2. The monoisotopic (exact) mass is 299 g/mol. The van der Waals surface area contributed by atoms with Gasteiger partial charge in [0.2, 0.25) is 0 Å². The first-order valence-corrected chi connectivity index (χ1v) is 7.96. The molecule has 0 aliphatic heterocycles. The van der Waals surface area contributed by atoms with Gasteiger partial charge in [-0.3, -0.25) is 4.79 Å². The molecule has 1 atom stereocenters. The van der Waals surface area contributed by atoms with Crippen LogP contribution < -0.4 is 10.6 Å². The second kappa shape index (κ2) is 9.60. The van der Waals surface area contributed by atoms with E-state index in [0.29, 0.717) is 19.1 Å². The summed E-state index contributed by atoms with van der Waals surface area (Å²) in [5, 5.41) is 14.3. The topological polar surface area (TPSA) is 81.7 Å². The molecule has 1 saturated carbocycles. The minimum atomic E-state index is -0.817. The average molecular weight is 299 g/mol. The van der Waals surface area contributed by atoms with Crippen LogP contribution in [-0.4, -0.2) is 54.7 Å². The highest BCUT2D eigenvalue weighted by atomic mass is 16.4. The van der Waals surface area contributed by atoms with Gasteiger partial charge in [0.25, 0.3) is 0 Å². The number of carboxylic acids is 1. The molecule has 21 heavy (non-hydrogen) atoms. The standard InChI is InChI=1S/C15H29N3O3/c1-3-12(10-14(19)20)11-17-15(21)16-8-9-18(2)13-6-4-5-7-13/h12-13H,3-11H2,1-2H3,(H,19,20)(H2,16,17,21). The van der Waals surface area contributed by atoms with Gasteiger partial charge in [0.05, 0.1) is 0 Å². The summed E-state index contributed by atoms with van der Waals surface area (Å²) in [4.78, 5) is 24.6. The van der Waals surface area contributed by atoms with Crippen LogP contribution in [0.2, 0.25) is 0 Å². The first kappa shape index (κ1) is 17.8. The second-order valence-corrected chi connectivity index (χ2v) is 5.93. The third-order valence-corrected chi connectivity index (χ3v) is 4.29. The second-order valence-electron chi connectivity index (χ2n) is 5.93. The molecule has 0 spiro atoms. The van der Waals surface area contributed by atoms with Crippen LogP contribution in [0.5, 0.6) is 0 Å². The summed E-state index contributed by atoms with van der Waals surface area (Å²) < 4.78 is 0.